The van der Waals surface area contributed by atoms with Crippen molar-refractivity contribution in [1.29, 1.82) is 0 Å². The van der Waals surface area contributed by atoms with Crippen LogP contribution in [-0.2, 0) is 14.3 Å². The number of rotatable bonds is 43. The van der Waals surface area contributed by atoms with E-state index in [1.54, 1.807) is 0 Å². The first-order valence-corrected chi connectivity index (χ1v) is 24.1. The van der Waals surface area contributed by atoms with E-state index >= 15 is 0 Å². The van der Waals surface area contributed by atoms with Crippen LogP contribution in [-0.4, -0.2) is 46.9 Å². The van der Waals surface area contributed by atoms with Crippen LogP contribution in [0, 0.1) is 0 Å². The largest absolute Gasteiger partial charge is 0.458 e. The Morgan fingerprint density at radius 1 is 0.545 bits per heavy atom. The van der Waals surface area contributed by atoms with Crippen molar-refractivity contribution in [3.8, 4) is 0 Å². The molecule has 6 heteroatoms. The first kappa shape index (κ1) is 53.3. The highest BCUT2D eigenvalue weighted by Gasteiger charge is 2.23. The molecular weight excluding hydrogens is 683 g/mol. The highest BCUT2D eigenvalue weighted by Crippen LogP contribution is 2.16. The van der Waals surface area contributed by atoms with Gasteiger partial charge in [-0.3, -0.25) is 9.59 Å². The number of aliphatic hydroxyl groups excluding tert-OH is 2. The quantitative estimate of drug-likeness (QED) is 0.0326. The van der Waals surface area contributed by atoms with E-state index in [4.69, 9.17) is 4.74 Å². The number of allylic oxidation sites excluding steroid dienone is 3. The number of unbranched alkanes of at least 4 members (excludes halogenated alkanes) is 29. The summed E-state index contributed by atoms with van der Waals surface area (Å²) in [5.41, 5.74) is 0. The molecule has 0 aliphatic rings. The lowest BCUT2D eigenvalue weighted by Gasteiger charge is -2.23. The third-order valence-corrected chi connectivity index (χ3v) is 11.0. The summed E-state index contributed by atoms with van der Waals surface area (Å²) in [6.07, 6.45) is 48.4. The van der Waals surface area contributed by atoms with Crippen molar-refractivity contribution in [2.24, 2.45) is 0 Å². The van der Waals surface area contributed by atoms with Gasteiger partial charge in [-0.1, -0.05) is 225 Å². The van der Waals surface area contributed by atoms with Gasteiger partial charge in [-0.2, -0.15) is 0 Å². The summed E-state index contributed by atoms with van der Waals surface area (Å²) in [4.78, 5) is 25.9. The first-order valence-electron chi connectivity index (χ1n) is 24.1. The average molecular weight is 776 g/mol. The summed E-state index contributed by atoms with van der Waals surface area (Å²) in [6, 6.07) is -0.725. The fourth-order valence-corrected chi connectivity index (χ4v) is 7.34. The Morgan fingerprint density at radius 2 is 0.964 bits per heavy atom. The summed E-state index contributed by atoms with van der Waals surface area (Å²) in [7, 11) is 0. The zero-order valence-corrected chi connectivity index (χ0v) is 36.8. The Bertz CT molecular complexity index is 873. The van der Waals surface area contributed by atoms with E-state index in [1.807, 2.05) is 12.2 Å². The Labute approximate surface area is 341 Å². The Morgan fingerprint density at radius 3 is 1.42 bits per heavy atom. The lowest BCUT2D eigenvalue weighted by Crippen LogP contribution is -2.46. The van der Waals surface area contributed by atoms with Gasteiger partial charge >= 0.3 is 5.97 Å². The zero-order valence-electron chi connectivity index (χ0n) is 36.8. The summed E-state index contributed by atoms with van der Waals surface area (Å²) < 4.78 is 5.81. The molecule has 0 aromatic rings. The Hall–Kier alpha value is -1.66. The van der Waals surface area contributed by atoms with Crippen LogP contribution in [0.1, 0.15) is 252 Å². The first-order chi connectivity index (χ1) is 27.0. The van der Waals surface area contributed by atoms with E-state index in [0.29, 0.717) is 12.8 Å². The molecule has 3 atom stereocenters. The van der Waals surface area contributed by atoms with Crippen LogP contribution in [0.3, 0.4) is 0 Å². The Kier molecular flexibility index (Phi) is 42.2. The highest BCUT2D eigenvalue weighted by atomic mass is 16.5. The van der Waals surface area contributed by atoms with Crippen LogP contribution >= 0.6 is 0 Å². The predicted octanol–water partition coefficient (Wildman–Crippen LogP) is 14.0. The molecule has 0 aromatic heterocycles. The van der Waals surface area contributed by atoms with Gasteiger partial charge < -0.3 is 20.3 Å². The minimum Gasteiger partial charge on any atom is -0.458 e. The van der Waals surface area contributed by atoms with Crippen molar-refractivity contribution < 1.29 is 24.5 Å². The maximum atomic E-state index is 13.1. The lowest BCUT2D eigenvalue weighted by molar-refractivity contribution is -0.148. The fraction of sp³-hybridized carbons (Fsp3) is 0.878. The number of carbonyl (C=O) groups is 2. The standard InChI is InChI=1S/C49H93NO5/c1-4-7-10-13-16-19-22-23-24-25-27-30-33-36-39-42-49(54)55-45(40-37-34-31-28-26-20-17-14-11-8-5-2)43-48(53)50-46(44-51)47(52)41-38-35-32-29-21-18-15-12-9-6-3/h28,31,37,40,45-47,51-52H,4-27,29-30,32-36,38-39,41-44H2,1-3H3,(H,50,53)/b31-28-,40-37+. The number of nitrogens with one attached hydrogen (secondary N) is 1. The van der Waals surface area contributed by atoms with Crippen molar-refractivity contribution >= 4 is 11.9 Å². The fourth-order valence-electron chi connectivity index (χ4n) is 7.34. The zero-order chi connectivity index (χ0) is 40.3. The smallest absolute Gasteiger partial charge is 0.306 e. The topological polar surface area (TPSA) is 95.9 Å². The van der Waals surface area contributed by atoms with Gasteiger partial charge in [0.1, 0.15) is 6.10 Å². The van der Waals surface area contributed by atoms with Crippen molar-refractivity contribution in [3.63, 3.8) is 0 Å². The molecule has 324 valence electrons. The molecule has 0 saturated heterocycles. The molecule has 6 nitrogen and oxygen atoms in total. The number of hydrogen-bond acceptors (Lipinski definition) is 5. The minimum atomic E-state index is -0.804. The van der Waals surface area contributed by atoms with Crippen molar-refractivity contribution in [1.82, 2.24) is 5.32 Å². The number of carbonyl (C=O) groups excluding carboxylic acids is 2. The minimum absolute atomic E-state index is 0.0238. The van der Waals surface area contributed by atoms with Crippen molar-refractivity contribution in [2.75, 3.05) is 6.61 Å². The SMILES string of the molecule is CCCCCCCC/C=C\C/C=C/C(CC(=O)NC(CO)C(O)CCCCCCCCCCCC)OC(=O)CCCCCCCCCCCCCCCCC. The summed E-state index contributed by atoms with van der Waals surface area (Å²) in [6.45, 7) is 6.43. The summed E-state index contributed by atoms with van der Waals surface area (Å²) in [5, 5.41) is 23.6. The molecule has 0 aliphatic heterocycles. The number of esters is 1. The van der Waals surface area contributed by atoms with E-state index in [2.05, 4.69) is 38.2 Å². The maximum Gasteiger partial charge on any atom is 0.306 e. The van der Waals surface area contributed by atoms with Gasteiger partial charge in [0.2, 0.25) is 5.91 Å². The molecule has 1 amide bonds. The number of hydrogen-bond donors (Lipinski definition) is 3. The Balaban J connectivity index is 4.60. The monoisotopic (exact) mass is 776 g/mol. The van der Waals surface area contributed by atoms with Crippen molar-refractivity contribution in [2.45, 2.75) is 270 Å². The molecule has 0 fully saturated rings. The summed E-state index contributed by atoms with van der Waals surface area (Å²) in [5.74, 6) is -0.593. The molecule has 0 saturated carbocycles. The number of amides is 1. The van der Waals surface area contributed by atoms with E-state index in [-0.39, 0.29) is 24.9 Å². The second-order valence-corrected chi connectivity index (χ2v) is 16.5. The number of aliphatic hydroxyl groups is 2. The molecule has 3 N–H and O–H groups in total. The molecule has 0 aromatic carbocycles. The van der Waals surface area contributed by atoms with E-state index in [1.165, 1.54) is 161 Å². The van der Waals surface area contributed by atoms with Crippen LogP contribution in [0.2, 0.25) is 0 Å². The summed E-state index contributed by atoms with van der Waals surface area (Å²) >= 11 is 0. The molecule has 55 heavy (non-hydrogen) atoms. The predicted molar refractivity (Wildman–Crippen MR) is 236 cm³/mol. The lowest BCUT2D eigenvalue weighted by atomic mass is 10.0. The van der Waals surface area contributed by atoms with Crippen LogP contribution < -0.4 is 5.32 Å². The third kappa shape index (κ3) is 39.0. The van der Waals surface area contributed by atoms with E-state index in [9.17, 15) is 19.8 Å². The van der Waals surface area contributed by atoms with Gasteiger partial charge in [-0.25, -0.2) is 0 Å². The molecule has 0 spiro atoms. The van der Waals surface area contributed by atoms with Gasteiger partial charge in [-0.05, 0) is 38.2 Å². The van der Waals surface area contributed by atoms with E-state index < -0.39 is 18.2 Å². The maximum absolute atomic E-state index is 13.1. The normalized spacial score (nSPS) is 13.5. The molecular formula is C49H93NO5. The van der Waals surface area contributed by atoms with Gasteiger partial charge in [0, 0.05) is 6.42 Å². The molecule has 3 unspecified atom stereocenters. The van der Waals surface area contributed by atoms with Crippen LogP contribution in [0.5, 0.6) is 0 Å². The number of ether oxygens (including phenoxy) is 1. The second kappa shape index (κ2) is 43.5. The molecule has 0 radical (unpaired) electrons. The molecule has 0 bridgehead atoms. The van der Waals surface area contributed by atoms with E-state index in [0.717, 1.165) is 51.4 Å². The van der Waals surface area contributed by atoms with Gasteiger partial charge in [0.25, 0.3) is 0 Å². The molecule has 0 rings (SSSR count). The van der Waals surface area contributed by atoms with Crippen LogP contribution in [0.25, 0.3) is 0 Å². The average Bonchev–Trinajstić information content (AvgIpc) is 3.18. The van der Waals surface area contributed by atoms with Crippen LogP contribution in [0.4, 0.5) is 0 Å². The molecule has 0 aliphatic carbocycles. The van der Waals surface area contributed by atoms with Crippen molar-refractivity contribution in [3.05, 3.63) is 24.3 Å². The van der Waals surface area contributed by atoms with Gasteiger partial charge in [0.15, 0.2) is 0 Å². The van der Waals surface area contributed by atoms with Gasteiger partial charge in [0.05, 0.1) is 25.2 Å². The third-order valence-electron chi connectivity index (χ3n) is 11.0. The molecule has 0 heterocycles. The van der Waals surface area contributed by atoms with Crippen LogP contribution in [0.15, 0.2) is 24.3 Å². The van der Waals surface area contributed by atoms with Gasteiger partial charge in [-0.15, -0.1) is 0 Å². The highest BCUT2D eigenvalue weighted by molar-refractivity contribution is 5.78. The second-order valence-electron chi connectivity index (χ2n) is 16.5.